The average Bonchev–Trinajstić information content (AvgIpc) is 3.19. The lowest BCUT2D eigenvalue weighted by molar-refractivity contribution is 0.0935. The molecule has 1 saturated heterocycles. The number of amides is 1. The van der Waals surface area contributed by atoms with Crippen molar-refractivity contribution in [1.29, 1.82) is 0 Å². The van der Waals surface area contributed by atoms with Crippen molar-refractivity contribution in [1.82, 2.24) is 20.0 Å². The molecule has 3 aromatic rings. The van der Waals surface area contributed by atoms with Crippen molar-refractivity contribution < 1.29 is 9.53 Å². The van der Waals surface area contributed by atoms with Crippen LogP contribution in [0.15, 0.2) is 67.0 Å². The second-order valence-electron chi connectivity index (χ2n) is 7.81. The van der Waals surface area contributed by atoms with E-state index >= 15 is 0 Å². The summed E-state index contributed by atoms with van der Waals surface area (Å²) in [5.74, 6) is 0.670. The van der Waals surface area contributed by atoms with Crippen LogP contribution in [0.2, 0.25) is 0 Å². The maximum absolute atomic E-state index is 12.5. The zero-order chi connectivity index (χ0) is 20.8. The molecule has 1 aromatic heterocycles. The largest absolute Gasteiger partial charge is 0.490 e. The summed E-state index contributed by atoms with van der Waals surface area (Å²) in [5, 5.41) is 7.21. The highest BCUT2D eigenvalue weighted by Gasteiger charge is 2.21. The topological polar surface area (TPSA) is 59.4 Å². The summed E-state index contributed by atoms with van der Waals surface area (Å²) in [6, 6.07) is 17.4. The Balaban J connectivity index is 1.26. The van der Waals surface area contributed by atoms with Crippen LogP contribution in [0.25, 0.3) is 0 Å². The lowest BCUT2D eigenvalue weighted by Gasteiger charge is -2.31. The maximum Gasteiger partial charge on any atom is 0.251 e. The second-order valence-corrected chi connectivity index (χ2v) is 7.81. The average molecular weight is 405 g/mol. The van der Waals surface area contributed by atoms with Crippen molar-refractivity contribution in [3.05, 3.63) is 83.7 Å². The van der Waals surface area contributed by atoms with Gasteiger partial charge >= 0.3 is 0 Å². The molecular formula is C24H28N4O2. The van der Waals surface area contributed by atoms with Crippen LogP contribution in [0.3, 0.4) is 0 Å². The lowest BCUT2D eigenvalue weighted by atomic mass is 10.1. The van der Waals surface area contributed by atoms with Gasteiger partial charge in [0.25, 0.3) is 5.91 Å². The number of aromatic nitrogens is 2. The molecule has 1 N–H and O–H groups in total. The first kappa shape index (κ1) is 20.2. The summed E-state index contributed by atoms with van der Waals surface area (Å²) in [6.07, 6.45) is 6.13. The monoisotopic (exact) mass is 404 g/mol. The van der Waals surface area contributed by atoms with Gasteiger partial charge in [-0.2, -0.15) is 5.10 Å². The van der Waals surface area contributed by atoms with Crippen molar-refractivity contribution in [3.8, 4) is 5.75 Å². The van der Waals surface area contributed by atoms with E-state index < -0.39 is 0 Å². The standard InChI is InChI=1S/C24H28N4O2/c1-27-17-20(16-26-27)18-28-12-10-22(11-13-28)30-23-9-5-8-21(14-23)24(29)25-15-19-6-3-2-4-7-19/h2-9,14,16-17,22H,10-13,15,18H2,1H3,(H,25,29). The van der Waals surface area contributed by atoms with E-state index in [1.54, 1.807) is 0 Å². The highest BCUT2D eigenvalue weighted by atomic mass is 16.5. The minimum Gasteiger partial charge on any atom is -0.490 e. The van der Waals surface area contributed by atoms with Crippen molar-refractivity contribution in [3.63, 3.8) is 0 Å². The van der Waals surface area contributed by atoms with Gasteiger partial charge in [-0.1, -0.05) is 36.4 Å². The van der Waals surface area contributed by atoms with Gasteiger partial charge in [0.15, 0.2) is 0 Å². The third kappa shape index (κ3) is 5.48. The number of hydrogen-bond acceptors (Lipinski definition) is 4. The van der Waals surface area contributed by atoms with Crippen LogP contribution in [0.1, 0.15) is 34.3 Å². The maximum atomic E-state index is 12.5. The van der Waals surface area contributed by atoms with E-state index in [0.29, 0.717) is 12.1 Å². The summed E-state index contributed by atoms with van der Waals surface area (Å²) in [4.78, 5) is 14.9. The smallest absolute Gasteiger partial charge is 0.251 e. The molecule has 0 bridgehead atoms. The predicted molar refractivity (Wildman–Crippen MR) is 116 cm³/mol. The van der Waals surface area contributed by atoms with Gasteiger partial charge in [0.2, 0.25) is 0 Å². The van der Waals surface area contributed by atoms with E-state index in [0.717, 1.165) is 43.8 Å². The molecule has 0 saturated carbocycles. The minimum atomic E-state index is -0.0874. The number of aryl methyl sites for hydroxylation is 1. The Bertz CT molecular complexity index is 962. The van der Waals surface area contributed by atoms with Gasteiger partial charge in [-0.15, -0.1) is 0 Å². The molecule has 6 nitrogen and oxygen atoms in total. The van der Waals surface area contributed by atoms with Crippen molar-refractivity contribution in [2.45, 2.75) is 32.0 Å². The molecule has 0 unspecified atom stereocenters. The Morgan fingerprint density at radius 1 is 1.10 bits per heavy atom. The molecule has 2 aromatic carbocycles. The summed E-state index contributed by atoms with van der Waals surface area (Å²) in [7, 11) is 1.94. The molecule has 6 heteroatoms. The van der Waals surface area contributed by atoms with E-state index in [2.05, 4.69) is 21.5 Å². The molecule has 1 amide bonds. The van der Waals surface area contributed by atoms with Gasteiger partial charge in [-0.3, -0.25) is 14.4 Å². The molecule has 0 spiro atoms. The van der Waals surface area contributed by atoms with Crippen LogP contribution in [0.5, 0.6) is 5.75 Å². The van der Waals surface area contributed by atoms with Crippen molar-refractivity contribution in [2.75, 3.05) is 13.1 Å². The molecule has 156 valence electrons. The third-order valence-electron chi connectivity index (χ3n) is 5.39. The number of carbonyl (C=O) groups excluding carboxylic acids is 1. The van der Waals surface area contributed by atoms with E-state index in [1.807, 2.05) is 72.5 Å². The Morgan fingerprint density at radius 2 is 1.90 bits per heavy atom. The van der Waals surface area contributed by atoms with Gasteiger partial charge in [0.1, 0.15) is 11.9 Å². The zero-order valence-electron chi connectivity index (χ0n) is 17.3. The second kappa shape index (κ2) is 9.59. The molecule has 0 aliphatic carbocycles. The Morgan fingerprint density at radius 3 is 2.63 bits per heavy atom. The SMILES string of the molecule is Cn1cc(CN2CCC(Oc3cccc(C(=O)NCc4ccccc4)c3)CC2)cn1. The third-order valence-corrected chi connectivity index (χ3v) is 5.39. The summed E-state index contributed by atoms with van der Waals surface area (Å²) in [5.41, 5.74) is 2.94. The Hall–Kier alpha value is -3.12. The summed E-state index contributed by atoms with van der Waals surface area (Å²) >= 11 is 0. The molecule has 1 aliphatic heterocycles. The number of nitrogens with one attached hydrogen (secondary N) is 1. The number of hydrogen-bond donors (Lipinski definition) is 1. The Labute approximate surface area is 177 Å². The molecule has 0 atom stereocenters. The summed E-state index contributed by atoms with van der Waals surface area (Å²) in [6.45, 7) is 3.44. The van der Waals surface area contributed by atoms with Gasteiger partial charge in [-0.25, -0.2) is 0 Å². The van der Waals surface area contributed by atoms with Crippen molar-refractivity contribution in [2.24, 2.45) is 7.05 Å². The van der Waals surface area contributed by atoms with Crippen LogP contribution in [-0.2, 0) is 20.1 Å². The number of nitrogens with zero attached hydrogens (tertiary/aromatic N) is 3. The first-order chi connectivity index (χ1) is 14.7. The van der Waals surface area contributed by atoms with Crippen LogP contribution in [-0.4, -0.2) is 39.8 Å². The van der Waals surface area contributed by atoms with Crippen LogP contribution in [0, 0.1) is 0 Å². The number of piperidine rings is 1. The number of likely N-dealkylation sites (tertiary alicyclic amines) is 1. The molecular weight excluding hydrogens is 376 g/mol. The van der Waals surface area contributed by atoms with Crippen LogP contribution >= 0.6 is 0 Å². The van der Waals surface area contributed by atoms with Gasteiger partial charge in [-0.05, 0) is 36.6 Å². The zero-order valence-corrected chi connectivity index (χ0v) is 17.3. The van der Waals surface area contributed by atoms with Crippen LogP contribution < -0.4 is 10.1 Å². The highest BCUT2D eigenvalue weighted by Crippen LogP contribution is 2.21. The number of benzene rings is 2. The number of ether oxygens (including phenoxy) is 1. The molecule has 4 rings (SSSR count). The van der Waals surface area contributed by atoms with Crippen molar-refractivity contribution >= 4 is 5.91 Å². The van der Waals surface area contributed by atoms with E-state index in [-0.39, 0.29) is 12.0 Å². The number of rotatable bonds is 7. The lowest BCUT2D eigenvalue weighted by Crippen LogP contribution is -2.37. The van der Waals surface area contributed by atoms with E-state index in [4.69, 9.17) is 4.74 Å². The van der Waals surface area contributed by atoms with Gasteiger partial charge in [0, 0.05) is 50.6 Å². The normalized spacial score (nSPS) is 15.1. The first-order valence-corrected chi connectivity index (χ1v) is 10.4. The van der Waals surface area contributed by atoms with Crippen LogP contribution in [0.4, 0.5) is 0 Å². The predicted octanol–water partition coefficient (Wildman–Crippen LogP) is 3.39. The van der Waals surface area contributed by atoms with Gasteiger partial charge < -0.3 is 10.1 Å². The quantitative estimate of drug-likeness (QED) is 0.656. The van der Waals surface area contributed by atoms with E-state index in [1.165, 1.54) is 5.56 Å². The summed E-state index contributed by atoms with van der Waals surface area (Å²) < 4.78 is 8.03. The van der Waals surface area contributed by atoms with E-state index in [9.17, 15) is 4.79 Å². The fourth-order valence-electron chi connectivity index (χ4n) is 3.78. The fourth-order valence-corrected chi connectivity index (χ4v) is 3.78. The first-order valence-electron chi connectivity index (χ1n) is 10.4. The van der Waals surface area contributed by atoms with Gasteiger partial charge in [0.05, 0.1) is 6.20 Å². The molecule has 1 fully saturated rings. The molecule has 30 heavy (non-hydrogen) atoms. The molecule has 2 heterocycles. The minimum absolute atomic E-state index is 0.0874. The molecule has 0 radical (unpaired) electrons. The Kier molecular flexibility index (Phi) is 6.44. The fraction of sp³-hybridized carbons (Fsp3) is 0.333. The molecule has 1 aliphatic rings. The highest BCUT2D eigenvalue weighted by molar-refractivity contribution is 5.94. The number of carbonyl (C=O) groups is 1.